The van der Waals surface area contributed by atoms with E-state index >= 15 is 0 Å². The summed E-state index contributed by atoms with van der Waals surface area (Å²) in [6, 6.07) is 10.4. The number of aryl methyl sites for hydroxylation is 2. The van der Waals surface area contributed by atoms with E-state index in [1.165, 1.54) is 21.5 Å². The monoisotopic (exact) mass is 782 g/mol. The van der Waals surface area contributed by atoms with E-state index in [4.69, 9.17) is 36.6 Å². The summed E-state index contributed by atoms with van der Waals surface area (Å²) in [5, 5.41) is 0. The average Bonchev–Trinajstić information content (AvgIpc) is 3.83. The second-order valence-electron chi connectivity index (χ2n) is 12.7. The van der Waals surface area contributed by atoms with Gasteiger partial charge < -0.3 is 18.5 Å². The Hall–Kier alpha value is -4.90. The molecule has 0 saturated carbocycles. The largest absolute Gasteiger partial charge is 0.530 e. The van der Waals surface area contributed by atoms with Gasteiger partial charge in [-0.05, 0) is 26.0 Å². The number of aromatic nitrogens is 4. The number of fused-ring (bicyclic) bond motifs is 2. The number of nitrogens with zero attached hydrogens (tertiary/aromatic N) is 2. The highest BCUT2D eigenvalue weighted by Gasteiger charge is 2.40. The van der Waals surface area contributed by atoms with Crippen LogP contribution in [0.15, 0.2) is 92.3 Å². The number of para-hydroxylation sites is 2. The van der Waals surface area contributed by atoms with Crippen LogP contribution in [0.25, 0.3) is 11.1 Å². The van der Waals surface area contributed by atoms with E-state index in [1.807, 2.05) is 0 Å². The Morgan fingerprint density at radius 2 is 1.09 bits per heavy atom. The first-order chi connectivity index (χ1) is 25.9. The first-order valence-electron chi connectivity index (χ1n) is 16.6. The molecule has 0 spiro atoms. The Bertz CT molecular complexity index is 2380. The molecule has 0 radical (unpaired) electrons. The van der Waals surface area contributed by atoms with Gasteiger partial charge in [0.2, 0.25) is 0 Å². The van der Waals surface area contributed by atoms with E-state index in [9.17, 15) is 28.3 Å². The standard InChI is InChI=1S/C34H32N4O14P2/c1-19-13-37(33(41)35-31(19)39)27-11-9-23(49-27)17-47-53(43)45-15-21-5-3-7-25(29(21)51-53)26-8-4-6-22-16-46-54(44,52-30(22)26)48-18-24-10-12-28(50-24)38-14-20(2)32(40)36-34(38)42/h3-14,23-24,27-28H,15-18H2,1-2H3,(H,35,39,41)(H,36,40,42). The molecule has 0 saturated heterocycles. The van der Waals surface area contributed by atoms with Crippen molar-refractivity contribution in [2.24, 2.45) is 0 Å². The van der Waals surface area contributed by atoms with Crippen LogP contribution in [-0.4, -0.2) is 44.5 Å². The fourth-order valence-electron chi connectivity index (χ4n) is 6.10. The normalized spacial score (nSPS) is 26.9. The lowest BCUT2D eigenvalue weighted by Crippen LogP contribution is -2.33. The van der Waals surface area contributed by atoms with Crippen molar-refractivity contribution >= 4 is 15.6 Å². The lowest BCUT2D eigenvalue weighted by molar-refractivity contribution is -0.0130. The van der Waals surface area contributed by atoms with Gasteiger partial charge in [-0.1, -0.05) is 48.6 Å². The Labute approximate surface area is 304 Å². The van der Waals surface area contributed by atoms with Crippen molar-refractivity contribution in [2.45, 2.75) is 51.7 Å². The van der Waals surface area contributed by atoms with Crippen LogP contribution in [0.5, 0.6) is 11.5 Å². The molecule has 6 unspecified atom stereocenters. The summed E-state index contributed by atoms with van der Waals surface area (Å²) in [6.45, 7) is 2.40. The van der Waals surface area contributed by atoms with Crippen LogP contribution in [0.1, 0.15) is 34.7 Å². The molecule has 2 aromatic carbocycles. The number of phosphoric ester groups is 2. The van der Waals surface area contributed by atoms with Crippen LogP contribution in [0.4, 0.5) is 0 Å². The zero-order valence-electron chi connectivity index (χ0n) is 28.6. The van der Waals surface area contributed by atoms with Gasteiger partial charge in [-0.25, -0.2) is 18.7 Å². The fraction of sp³-hybridized carbons (Fsp3) is 0.294. The Kier molecular flexibility index (Phi) is 9.40. The summed E-state index contributed by atoms with van der Waals surface area (Å²) < 4.78 is 76.0. The van der Waals surface area contributed by atoms with Crippen molar-refractivity contribution < 1.29 is 45.7 Å². The molecule has 2 aromatic heterocycles. The van der Waals surface area contributed by atoms with Gasteiger partial charge in [-0.15, -0.1) is 0 Å². The van der Waals surface area contributed by atoms with Gasteiger partial charge in [-0.2, -0.15) is 0 Å². The highest BCUT2D eigenvalue weighted by molar-refractivity contribution is 7.49. The summed E-state index contributed by atoms with van der Waals surface area (Å²) >= 11 is 0. The number of H-pyrrole nitrogens is 2. The molecule has 6 atom stereocenters. The van der Waals surface area contributed by atoms with Crippen molar-refractivity contribution in [2.75, 3.05) is 13.2 Å². The molecule has 0 aliphatic carbocycles. The number of rotatable bonds is 9. The molecular weight excluding hydrogens is 750 g/mol. The van der Waals surface area contributed by atoms with Gasteiger partial charge in [0.15, 0.2) is 12.5 Å². The number of phosphoric acid groups is 2. The topological polar surface area (TPSA) is 218 Å². The minimum atomic E-state index is -4.21. The third-order valence-corrected chi connectivity index (χ3v) is 11.5. The molecule has 20 heteroatoms. The van der Waals surface area contributed by atoms with E-state index in [0.29, 0.717) is 33.4 Å². The van der Waals surface area contributed by atoms with Crippen molar-refractivity contribution in [3.8, 4) is 22.6 Å². The van der Waals surface area contributed by atoms with Crippen LogP contribution in [0.3, 0.4) is 0 Å². The first kappa shape index (κ1) is 36.1. The fourth-order valence-corrected chi connectivity index (χ4v) is 8.59. The molecular formula is C34H32N4O14P2. The maximum Gasteiger partial charge on any atom is 0.530 e. The summed E-state index contributed by atoms with van der Waals surface area (Å²) in [6.07, 6.45) is 6.15. The molecule has 4 aliphatic heterocycles. The first-order valence-corrected chi connectivity index (χ1v) is 19.5. The van der Waals surface area contributed by atoms with Gasteiger partial charge in [-0.3, -0.25) is 46.8 Å². The molecule has 4 aliphatic rings. The zero-order valence-corrected chi connectivity index (χ0v) is 30.4. The molecule has 0 fully saturated rings. The predicted molar refractivity (Wildman–Crippen MR) is 188 cm³/mol. The quantitative estimate of drug-likeness (QED) is 0.181. The third-order valence-electron chi connectivity index (χ3n) is 8.89. The Morgan fingerprint density at radius 1 is 0.667 bits per heavy atom. The van der Waals surface area contributed by atoms with E-state index in [-0.39, 0.29) is 37.9 Å². The highest BCUT2D eigenvalue weighted by Crippen LogP contribution is 2.60. The molecule has 0 bridgehead atoms. The van der Waals surface area contributed by atoms with Crippen LogP contribution < -0.4 is 31.5 Å². The van der Waals surface area contributed by atoms with Gasteiger partial charge >= 0.3 is 27.0 Å². The maximum atomic E-state index is 13.8. The van der Waals surface area contributed by atoms with Crippen molar-refractivity contribution in [3.05, 3.63) is 137 Å². The van der Waals surface area contributed by atoms with Crippen LogP contribution >= 0.6 is 15.6 Å². The number of ether oxygens (including phenoxy) is 2. The Morgan fingerprint density at radius 3 is 1.52 bits per heavy atom. The SMILES string of the molecule is Cc1cn(C2C=CC(COP3(=O)OCc4cccc(-c5cccc6c5OP(=O)(OCC5C=CC(n7cc(C)c(=O)[nH]c7=O)O5)OC6)c4O3)O2)c(=O)[nH]c1=O. The van der Waals surface area contributed by atoms with Crippen LogP contribution in [-0.2, 0) is 49.9 Å². The summed E-state index contributed by atoms with van der Waals surface area (Å²) in [5.41, 5.74) is 0.379. The van der Waals surface area contributed by atoms with Crippen LogP contribution in [0, 0.1) is 13.8 Å². The third kappa shape index (κ3) is 7.06. The van der Waals surface area contributed by atoms with E-state index in [0.717, 1.165) is 0 Å². The lowest BCUT2D eigenvalue weighted by Gasteiger charge is -2.29. The average molecular weight is 783 g/mol. The second-order valence-corrected chi connectivity index (χ2v) is 15.8. The molecule has 18 nitrogen and oxygen atoms in total. The minimum absolute atomic E-state index is 0.113. The maximum absolute atomic E-state index is 13.8. The number of hydrogen-bond donors (Lipinski definition) is 2. The van der Waals surface area contributed by atoms with Gasteiger partial charge in [0.05, 0.1) is 26.4 Å². The van der Waals surface area contributed by atoms with E-state index in [2.05, 4.69) is 9.97 Å². The molecule has 54 heavy (non-hydrogen) atoms. The number of benzene rings is 2. The van der Waals surface area contributed by atoms with E-state index in [1.54, 1.807) is 74.5 Å². The van der Waals surface area contributed by atoms with Crippen molar-refractivity contribution in [3.63, 3.8) is 0 Å². The molecule has 2 N–H and O–H groups in total. The minimum Gasteiger partial charge on any atom is -0.403 e. The van der Waals surface area contributed by atoms with Gasteiger partial charge in [0.25, 0.3) is 11.1 Å². The molecule has 0 amide bonds. The molecule has 6 heterocycles. The molecule has 8 rings (SSSR count). The molecule has 282 valence electrons. The Balaban J connectivity index is 0.949. The summed E-state index contributed by atoms with van der Waals surface area (Å²) in [5.74, 6) is 0.399. The van der Waals surface area contributed by atoms with E-state index < -0.39 is 62.8 Å². The lowest BCUT2D eigenvalue weighted by atomic mass is 9.98. The predicted octanol–water partition coefficient (Wildman–Crippen LogP) is 4.05. The summed E-state index contributed by atoms with van der Waals surface area (Å²) in [4.78, 5) is 52.6. The number of nitrogens with one attached hydrogen (secondary N) is 2. The van der Waals surface area contributed by atoms with Gasteiger partial charge in [0.1, 0.15) is 23.7 Å². The van der Waals surface area contributed by atoms with Gasteiger partial charge in [0, 0.05) is 45.8 Å². The zero-order chi connectivity index (χ0) is 37.8. The molecule has 4 aromatic rings. The highest BCUT2D eigenvalue weighted by atomic mass is 31.2. The second kappa shape index (κ2) is 14.1. The van der Waals surface area contributed by atoms with Crippen molar-refractivity contribution in [1.29, 1.82) is 0 Å². The number of hydrogen-bond acceptors (Lipinski definition) is 14. The van der Waals surface area contributed by atoms with Crippen molar-refractivity contribution in [1.82, 2.24) is 19.1 Å². The number of aromatic amines is 2. The summed E-state index contributed by atoms with van der Waals surface area (Å²) in [7, 11) is -8.42. The van der Waals surface area contributed by atoms with Crippen LogP contribution in [0.2, 0.25) is 0 Å². The smallest absolute Gasteiger partial charge is 0.403 e.